The maximum Gasteiger partial charge on any atom is 0.276 e. The lowest BCUT2D eigenvalue weighted by Crippen LogP contribution is -2.18. The predicted molar refractivity (Wildman–Crippen MR) is 77.5 cm³/mol. The number of aryl methyl sites for hydroxylation is 1. The van der Waals surface area contributed by atoms with Crippen molar-refractivity contribution in [2.24, 2.45) is 0 Å². The van der Waals surface area contributed by atoms with Crippen molar-refractivity contribution in [1.29, 1.82) is 0 Å². The van der Waals surface area contributed by atoms with Gasteiger partial charge in [-0.1, -0.05) is 13.8 Å². The number of hydrogen-bond donors (Lipinski definition) is 2. The van der Waals surface area contributed by atoms with Crippen molar-refractivity contribution in [1.82, 2.24) is 15.0 Å². The van der Waals surface area contributed by atoms with E-state index in [0.29, 0.717) is 11.5 Å². The van der Waals surface area contributed by atoms with E-state index in [1.54, 1.807) is 18.3 Å². The molecular weight excluding hydrogens is 254 g/mol. The third kappa shape index (κ3) is 3.09. The average Bonchev–Trinajstić information content (AvgIpc) is 2.38. The Labute approximate surface area is 117 Å². The van der Waals surface area contributed by atoms with Crippen LogP contribution >= 0.6 is 0 Å². The number of aromatic nitrogens is 3. The van der Waals surface area contributed by atoms with Gasteiger partial charge in [0.1, 0.15) is 5.82 Å². The Hall–Kier alpha value is -2.50. The molecule has 0 aliphatic heterocycles. The molecule has 0 aliphatic rings. The molecule has 0 saturated carbocycles. The van der Waals surface area contributed by atoms with Gasteiger partial charge in [0.2, 0.25) is 0 Å². The standard InChI is InChI=1S/C14H17N5O/c1-8(2)13-17-7-11(15)12(19-13)14(20)18-10-4-5-16-9(3)6-10/h4-8H,15H2,1-3H3,(H,16,18,20). The number of pyridine rings is 1. The zero-order chi connectivity index (χ0) is 14.7. The average molecular weight is 271 g/mol. The lowest BCUT2D eigenvalue weighted by Gasteiger charge is -2.09. The van der Waals surface area contributed by atoms with Gasteiger partial charge in [-0.2, -0.15) is 0 Å². The van der Waals surface area contributed by atoms with Crippen molar-refractivity contribution in [2.75, 3.05) is 11.1 Å². The van der Waals surface area contributed by atoms with Gasteiger partial charge in [0, 0.05) is 23.5 Å². The summed E-state index contributed by atoms with van der Waals surface area (Å²) in [6.07, 6.45) is 3.10. The summed E-state index contributed by atoms with van der Waals surface area (Å²) < 4.78 is 0. The molecule has 2 aromatic heterocycles. The molecule has 0 aromatic carbocycles. The summed E-state index contributed by atoms with van der Waals surface area (Å²) >= 11 is 0. The first kappa shape index (κ1) is 13.9. The first-order valence-electron chi connectivity index (χ1n) is 6.34. The van der Waals surface area contributed by atoms with Crippen molar-refractivity contribution in [3.63, 3.8) is 0 Å². The highest BCUT2D eigenvalue weighted by Gasteiger charge is 2.15. The van der Waals surface area contributed by atoms with E-state index < -0.39 is 0 Å². The van der Waals surface area contributed by atoms with Gasteiger partial charge in [0.25, 0.3) is 5.91 Å². The van der Waals surface area contributed by atoms with Crippen molar-refractivity contribution in [2.45, 2.75) is 26.7 Å². The van der Waals surface area contributed by atoms with E-state index in [4.69, 9.17) is 5.73 Å². The number of anilines is 2. The molecule has 6 nitrogen and oxygen atoms in total. The first-order chi connectivity index (χ1) is 9.47. The molecule has 2 aromatic rings. The summed E-state index contributed by atoms with van der Waals surface area (Å²) in [4.78, 5) is 24.6. The van der Waals surface area contributed by atoms with E-state index in [9.17, 15) is 4.79 Å². The largest absolute Gasteiger partial charge is 0.396 e. The topological polar surface area (TPSA) is 93.8 Å². The van der Waals surface area contributed by atoms with Crippen LogP contribution in [-0.4, -0.2) is 20.9 Å². The van der Waals surface area contributed by atoms with Crippen molar-refractivity contribution in [3.05, 3.63) is 41.7 Å². The maximum absolute atomic E-state index is 12.2. The van der Waals surface area contributed by atoms with Gasteiger partial charge in [-0.25, -0.2) is 9.97 Å². The molecule has 0 bridgehead atoms. The number of hydrogen-bond acceptors (Lipinski definition) is 5. The molecule has 0 fully saturated rings. The van der Waals surface area contributed by atoms with Crippen LogP contribution in [0.1, 0.15) is 41.8 Å². The number of rotatable bonds is 3. The van der Waals surface area contributed by atoms with Gasteiger partial charge in [-0.3, -0.25) is 9.78 Å². The van der Waals surface area contributed by atoms with Crippen LogP contribution in [0, 0.1) is 6.92 Å². The highest BCUT2D eigenvalue weighted by atomic mass is 16.1. The second-order valence-corrected chi connectivity index (χ2v) is 4.83. The fraction of sp³-hybridized carbons (Fsp3) is 0.286. The minimum absolute atomic E-state index is 0.130. The second kappa shape index (κ2) is 5.64. The van der Waals surface area contributed by atoms with Crippen molar-refractivity contribution < 1.29 is 4.79 Å². The molecule has 104 valence electrons. The van der Waals surface area contributed by atoms with Gasteiger partial charge >= 0.3 is 0 Å². The van der Waals surface area contributed by atoms with Gasteiger partial charge in [-0.15, -0.1) is 0 Å². The molecule has 0 aliphatic carbocycles. The summed E-state index contributed by atoms with van der Waals surface area (Å²) in [5.74, 6) is 0.373. The highest BCUT2D eigenvalue weighted by molar-refractivity contribution is 6.06. The van der Waals surface area contributed by atoms with E-state index in [1.807, 2.05) is 20.8 Å². The van der Waals surface area contributed by atoms with E-state index >= 15 is 0 Å². The molecule has 3 N–H and O–H groups in total. The van der Waals surface area contributed by atoms with Crippen LogP contribution in [0.4, 0.5) is 11.4 Å². The summed E-state index contributed by atoms with van der Waals surface area (Å²) in [6.45, 7) is 5.77. The predicted octanol–water partition coefficient (Wildman–Crippen LogP) is 2.14. The van der Waals surface area contributed by atoms with Crippen LogP contribution in [-0.2, 0) is 0 Å². The number of carbonyl (C=O) groups is 1. The Morgan fingerprint density at radius 3 is 2.75 bits per heavy atom. The monoisotopic (exact) mass is 271 g/mol. The summed E-state index contributed by atoms with van der Waals surface area (Å²) in [5.41, 5.74) is 7.71. The number of carbonyl (C=O) groups excluding carboxylic acids is 1. The van der Waals surface area contributed by atoms with Gasteiger partial charge in [0.05, 0.1) is 11.9 Å². The minimum atomic E-state index is -0.350. The van der Waals surface area contributed by atoms with Gasteiger partial charge in [0.15, 0.2) is 5.69 Å². The Balaban J connectivity index is 2.27. The smallest absolute Gasteiger partial charge is 0.276 e. The zero-order valence-corrected chi connectivity index (χ0v) is 11.7. The van der Waals surface area contributed by atoms with Crippen molar-refractivity contribution in [3.8, 4) is 0 Å². The third-order valence-electron chi connectivity index (χ3n) is 2.72. The number of amides is 1. The SMILES string of the molecule is Cc1cc(NC(=O)c2nc(C(C)C)ncc2N)ccn1. The molecule has 20 heavy (non-hydrogen) atoms. The molecule has 0 saturated heterocycles. The molecule has 1 amide bonds. The molecule has 0 unspecified atom stereocenters. The van der Waals surface area contributed by atoms with Gasteiger partial charge < -0.3 is 11.1 Å². The Morgan fingerprint density at radius 2 is 2.10 bits per heavy atom. The fourth-order valence-electron chi connectivity index (χ4n) is 1.68. The van der Waals surface area contributed by atoms with Crippen LogP contribution < -0.4 is 11.1 Å². The third-order valence-corrected chi connectivity index (χ3v) is 2.72. The highest BCUT2D eigenvalue weighted by Crippen LogP contribution is 2.15. The van der Waals surface area contributed by atoms with Crippen LogP contribution in [0.2, 0.25) is 0 Å². The van der Waals surface area contributed by atoms with E-state index in [0.717, 1.165) is 5.69 Å². The second-order valence-electron chi connectivity index (χ2n) is 4.83. The van der Waals surface area contributed by atoms with E-state index in [-0.39, 0.29) is 23.2 Å². The van der Waals surface area contributed by atoms with Gasteiger partial charge in [-0.05, 0) is 19.1 Å². The quantitative estimate of drug-likeness (QED) is 0.892. The summed E-state index contributed by atoms with van der Waals surface area (Å²) in [7, 11) is 0. The molecule has 0 spiro atoms. The van der Waals surface area contributed by atoms with Crippen LogP contribution in [0.3, 0.4) is 0 Å². The van der Waals surface area contributed by atoms with E-state index in [2.05, 4.69) is 20.3 Å². The number of nitrogens with two attached hydrogens (primary N) is 1. The molecule has 2 heterocycles. The summed E-state index contributed by atoms with van der Waals surface area (Å²) in [5, 5.41) is 2.76. The molecule has 6 heteroatoms. The Bertz CT molecular complexity index is 639. The minimum Gasteiger partial charge on any atom is -0.396 e. The number of nitrogens with zero attached hydrogens (tertiary/aromatic N) is 3. The molecular formula is C14H17N5O. The van der Waals surface area contributed by atoms with Crippen molar-refractivity contribution >= 4 is 17.3 Å². The van der Waals surface area contributed by atoms with Crippen LogP contribution in [0.5, 0.6) is 0 Å². The molecule has 0 radical (unpaired) electrons. The fourth-order valence-corrected chi connectivity index (χ4v) is 1.68. The normalized spacial score (nSPS) is 10.6. The zero-order valence-electron chi connectivity index (χ0n) is 11.7. The molecule has 0 atom stereocenters. The lowest BCUT2D eigenvalue weighted by atomic mass is 10.2. The molecule has 2 rings (SSSR count). The maximum atomic E-state index is 12.2. The van der Waals surface area contributed by atoms with Crippen LogP contribution in [0.15, 0.2) is 24.5 Å². The Kier molecular flexibility index (Phi) is 3.93. The summed E-state index contributed by atoms with van der Waals surface area (Å²) in [6, 6.07) is 3.49. The number of nitrogens with one attached hydrogen (secondary N) is 1. The first-order valence-corrected chi connectivity index (χ1v) is 6.34. The number of nitrogen functional groups attached to an aromatic ring is 1. The van der Waals surface area contributed by atoms with E-state index in [1.165, 1.54) is 6.20 Å². The van der Waals surface area contributed by atoms with Crippen LogP contribution in [0.25, 0.3) is 0 Å². The Morgan fingerprint density at radius 1 is 1.35 bits per heavy atom. The lowest BCUT2D eigenvalue weighted by molar-refractivity contribution is 0.102.